The van der Waals surface area contributed by atoms with E-state index >= 15 is 0 Å². The fourth-order valence-corrected chi connectivity index (χ4v) is 3.00. The molecule has 0 saturated heterocycles. The summed E-state index contributed by atoms with van der Waals surface area (Å²) in [6.07, 6.45) is 0.651. The summed E-state index contributed by atoms with van der Waals surface area (Å²) >= 11 is 1.85. The maximum Gasteiger partial charge on any atom is 0.323 e. The molecule has 4 heteroatoms. The SMILES string of the molecule is CC(C)CSC(C)CC(C)(NC(C)C)C(=O)O. The van der Waals surface area contributed by atoms with Gasteiger partial charge < -0.3 is 5.11 Å². The van der Waals surface area contributed by atoms with E-state index in [1.807, 2.05) is 25.6 Å². The molecule has 0 bridgehead atoms. The molecule has 0 aromatic rings. The van der Waals surface area contributed by atoms with E-state index in [-0.39, 0.29) is 6.04 Å². The summed E-state index contributed by atoms with van der Waals surface area (Å²) < 4.78 is 0. The van der Waals surface area contributed by atoms with Crippen LogP contribution in [-0.4, -0.2) is 33.7 Å². The quantitative estimate of drug-likeness (QED) is 0.705. The van der Waals surface area contributed by atoms with Gasteiger partial charge in [0.25, 0.3) is 0 Å². The van der Waals surface area contributed by atoms with E-state index in [9.17, 15) is 9.90 Å². The Kier molecular flexibility index (Phi) is 7.17. The van der Waals surface area contributed by atoms with E-state index in [0.29, 0.717) is 17.6 Å². The monoisotopic (exact) mass is 261 g/mol. The van der Waals surface area contributed by atoms with Crippen LogP contribution in [0.1, 0.15) is 48.0 Å². The van der Waals surface area contributed by atoms with E-state index in [1.165, 1.54) is 0 Å². The summed E-state index contributed by atoms with van der Waals surface area (Å²) in [6, 6.07) is 0.179. The Morgan fingerprint density at radius 2 is 1.82 bits per heavy atom. The molecule has 0 aromatic heterocycles. The molecule has 0 spiro atoms. The second-order valence-electron chi connectivity index (χ2n) is 5.68. The fraction of sp³-hybridized carbons (Fsp3) is 0.923. The van der Waals surface area contributed by atoms with Gasteiger partial charge in [-0.2, -0.15) is 11.8 Å². The van der Waals surface area contributed by atoms with Gasteiger partial charge in [-0.25, -0.2) is 0 Å². The number of rotatable bonds is 8. The lowest BCUT2D eigenvalue weighted by atomic mass is 9.95. The van der Waals surface area contributed by atoms with Crippen molar-refractivity contribution in [1.82, 2.24) is 5.32 Å². The molecule has 0 aliphatic heterocycles. The van der Waals surface area contributed by atoms with Crippen LogP contribution in [0.25, 0.3) is 0 Å². The molecule has 102 valence electrons. The number of carboxylic acid groups (broad SMARTS) is 1. The molecule has 17 heavy (non-hydrogen) atoms. The van der Waals surface area contributed by atoms with Crippen molar-refractivity contribution in [3.63, 3.8) is 0 Å². The number of thioether (sulfide) groups is 1. The van der Waals surface area contributed by atoms with Crippen LogP contribution in [0.4, 0.5) is 0 Å². The predicted molar refractivity (Wildman–Crippen MR) is 75.7 cm³/mol. The normalized spacial score (nSPS) is 17.2. The summed E-state index contributed by atoms with van der Waals surface area (Å²) in [4.78, 5) is 11.4. The highest BCUT2D eigenvalue weighted by Crippen LogP contribution is 2.24. The maximum absolute atomic E-state index is 11.4. The van der Waals surface area contributed by atoms with Crippen LogP contribution in [-0.2, 0) is 4.79 Å². The van der Waals surface area contributed by atoms with Crippen molar-refractivity contribution >= 4 is 17.7 Å². The molecule has 0 saturated carbocycles. The number of hydrogen-bond acceptors (Lipinski definition) is 3. The first-order valence-electron chi connectivity index (χ1n) is 6.30. The number of aliphatic carboxylic acids is 1. The third-order valence-corrected chi connectivity index (χ3v) is 4.08. The lowest BCUT2D eigenvalue weighted by Gasteiger charge is -2.31. The van der Waals surface area contributed by atoms with Gasteiger partial charge in [0, 0.05) is 11.3 Å². The Balaban J connectivity index is 4.38. The largest absolute Gasteiger partial charge is 0.480 e. The van der Waals surface area contributed by atoms with Crippen LogP contribution in [0.5, 0.6) is 0 Å². The number of hydrogen-bond donors (Lipinski definition) is 2. The minimum atomic E-state index is -0.822. The van der Waals surface area contributed by atoms with E-state index in [2.05, 4.69) is 26.1 Å². The Labute approximate surface area is 110 Å². The maximum atomic E-state index is 11.4. The van der Waals surface area contributed by atoms with Gasteiger partial charge in [0.05, 0.1) is 0 Å². The zero-order chi connectivity index (χ0) is 13.6. The zero-order valence-electron chi connectivity index (χ0n) is 11.9. The average molecular weight is 261 g/mol. The molecule has 0 radical (unpaired) electrons. The van der Waals surface area contributed by atoms with Crippen molar-refractivity contribution in [2.45, 2.75) is 64.8 Å². The van der Waals surface area contributed by atoms with Crippen LogP contribution in [0, 0.1) is 5.92 Å². The third-order valence-electron chi connectivity index (χ3n) is 2.49. The van der Waals surface area contributed by atoms with Crippen LogP contribution in [0.3, 0.4) is 0 Å². The molecule has 0 heterocycles. The zero-order valence-corrected chi connectivity index (χ0v) is 12.7. The Hall–Kier alpha value is -0.220. The van der Waals surface area contributed by atoms with E-state index in [1.54, 1.807) is 6.92 Å². The summed E-state index contributed by atoms with van der Waals surface area (Å²) in [5.74, 6) is 0.971. The second kappa shape index (κ2) is 7.27. The summed E-state index contributed by atoms with van der Waals surface area (Å²) in [5.41, 5.74) is -0.822. The van der Waals surface area contributed by atoms with Crippen molar-refractivity contribution in [2.24, 2.45) is 5.92 Å². The molecule has 0 aromatic carbocycles. The second-order valence-corrected chi connectivity index (χ2v) is 7.15. The molecular formula is C13H27NO2S. The first-order valence-corrected chi connectivity index (χ1v) is 7.35. The molecule has 2 N–H and O–H groups in total. The molecule has 0 fully saturated rings. The lowest BCUT2D eigenvalue weighted by Crippen LogP contribution is -2.53. The van der Waals surface area contributed by atoms with Gasteiger partial charge in [0.15, 0.2) is 0 Å². The van der Waals surface area contributed by atoms with Crippen molar-refractivity contribution in [1.29, 1.82) is 0 Å². The van der Waals surface area contributed by atoms with Gasteiger partial charge >= 0.3 is 5.97 Å². The molecule has 3 nitrogen and oxygen atoms in total. The van der Waals surface area contributed by atoms with E-state index in [0.717, 1.165) is 5.75 Å². The van der Waals surface area contributed by atoms with Crippen LogP contribution in [0.2, 0.25) is 0 Å². The average Bonchev–Trinajstić information content (AvgIpc) is 2.12. The number of carboxylic acids is 1. The summed E-state index contributed by atoms with van der Waals surface area (Å²) in [5, 5.41) is 12.8. The molecule has 2 unspecified atom stereocenters. The van der Waals surface area contributed by atoms with Crippen LogP contribution in [0.15, 0.2) is 0 Å². The molecule has 0 amide bonds. The first kappa shape index (κ1) is 16.8. The lowest BCUT2D eigenvalue weighted by molar-refractivity contribution is -0.144. The van der Waals surface area contributed by atoms with Crippen molar-refractivity contribution in [2.75, 3.05) is 5.75 Å². The van der Waals surface area contributed by atoms with Gasteiger partial charge in [-0.3, -0.25) is 10.1 Å². The summed E-state index contributed by atoms with van der Waals surface area (Å²) in [6.45, 7) is 12.2. The predicted octanol–water partition coefficient (Wildman–Crippen LogP) is 3.00. The fourth-order valence-electron chi connectivity index (χ4n) is 1.84. The first-order chi connectivity index (χ1) is 7.67. The van der Waals surface area contributed by atoms with Gasteiger partial charge in [-0.1, -0.05) is 20.8 Å². The van der Waals surface area contributed by atoms with E-state index < -0.39 is 11.5 Å². The highest BCUT2D eigenvalue weighted by atomic mass is 32.2. The number of carbonyl (C=O) groups is 1. The van der Waals surface area contributed by atoms with Crippen molar-refractivity contribution in [3.8, 4) is 0 Å². The Morgan fingerprint density at radius 3 is 2.18 bits per heavy atom. The van der Waals surface area contributed by atoms with Gasteiger partial charge in [0.1, 0.15) is 5.54 Å². The van der Waals surface area contributed by atoms with Crippen molar-refractivity contribution < 1.29 is 9.90 Å². The molecule has 0 aliphatic carbocycles. The van der Waals surface area contributed by atoms with Gasteiger partial charge in [-0.05, 0) is 38.9 Å². The molecule has 2 atom stereocenters. The minimum absolute atomic E-state index is 0.179. The molecule has 0 aliphatic rings. The standard InChI is InChI=1S/C13H27NO2S/c1-9(2)8-17-11(5)7-13(6,12(15)16)14-10(3)4/h9-11,14H,7-8H2,1-6H3,(H,15,16). The van der Waals surface area contributed by atoms with Crippen molar-refractivity contribution in [3.05, 3.63) is 0 Å². The Bertz CT molecular complexity index is 244. The van der Waals surface area contributed by atoms with Crippen LogP contribution >= 0.6 is 11.8 Å². The highest BCUT2D eigenvalue weighted by molar-refractivity contribution is 7.99. The molecular weight excluding hydrogens is 234 g/mol. The summed E-state index contributed by atoms with van der Waals surface area (Å²) in [7, 11) is 0. The smallest absolute Gasteiger partial charge is 0.323 e. The topological polar surface area (TPSA) is 49.3 Å². The Morgan fingerprint density at radius 1 is 1.29 bits per heavy atom. The number of nitrogens with one attached hydrogen (secondary N) is 1. The molecule has 0 rings (SSSR count). The highest BCUT2D eigenvalue weighted by Gasteiger charge is 2.35. The van der Waals surface area contributed by atoms with Gasteiger partial charge in [-0.15, -0.1) is 0 Å². The van der Waals surface area contributed by atoms with Gasteiger partial charge in [0.2, 0.25) is 0 Å². The minimum Gasteiger partial charge on any atom is -0.480 e. The third kappa shape index (κ3) is 6.94. The van der Waals surface area contributed by atoms with E-state index in [4.69, 9.17) is 0 Å². The van der Waals surface area contributed by atoms with Crippen LogP contribution < -0.4 is 5.32 Å².